The van der Waals surface area contributed by atoms with Crippen LogP contribution >= 0.6 is 23.1 Å². The molecule has 0 bridgehead atoms. The first-order valence-electron chi connectivity index (χ1n) is 4.24. The van der Waals surface area contributed by atoms with E-state index < -0.39 is 11.7 Å². The van der Waals surface area contributed by atoms with Crippen molar-refractivity contribution >= 4 is 28.9 Å². The first-order chi connectivity index (χ1) is 7.95. The lowest BCUT2D eigenvalue weighted by atomic mass is 10.2. The second-order valence-corrected chi connectivity index (χ2v) is 5.02. The van der Waals surface area contributed by atoms with E-state index in [2.05, 4.69) is 15.2 Å². The molecule has 0 aliphatic rings. The number of nitrogens with two attached hydrogens (primary N) is 1. The highest BCUT2D eigenvalue weighted by atomic mass is 32.2. The highest BCUT2D eigenvalue weighted by Crippen LogP contribution is 2.34. The standard InChI is InChI=1S/C8H5F3N4S2/c9-8(10,11)4-1-5(12)14-6(2-4)17-7-15-13-3-16-7/h1-3H,(H2,12,14). The molecule has 2 heterocycles. The topological polar surface area (TPSA) is 64.7 Å². The number of hydrogen-bond donors (Lipinski definition) is 1. The smallest absolute Gasteiger partial charge is 0.384 e. The van der Waals surface area contributed by atoms with Gasteiger partial charge in [-0.2, -0.15) is 13.2 Å². The maximum absolute atomic E-state index is 12.5. The number of nitrogens with zero attached hydrogens (tertiary/aromatic N) is 3. The number of aromatic nitrogens is 3. The van der Waals surface area contributed by atoms with E-state index in [1.165, 1.54) is 16.8 Å². The van der Waals surface area contributed by atoms with Gasteiger partial charge in [-0.1, -0.05) is 11.3 Å². The van der Waals surface area contributed by atoms with E-state index in [1.54, 1.807) is 0 Å². The van der Waals surface area contributed by atoms with E-state index >= 15 is 0 Å². The van der Waals surface area contributed by atoms with Crippen molar-refractivity contribution in [3.63, 3.8) is 0 Å². The van der Waals surface area contributed by atoms with Crippen LogP contribution in [-0.4, -0.2) is 15.2 Å². The predicted octanol–water partition coefficient (Wildman–Crippen LogP) is 2.69. The molecule has 0 aromatic carbocycles. The van der Waals surface area contributed by atoms with Crippen LogP contribution < -0.4 is 5.73 Å². The molecule has 0 radical (unpaired) electrons. The van der Waals surface area contributed by atoms with E-state index in [0.717, 1.165) is 23.9 Å². The number of pyridine rings is 1. The van der Waals surface area contributed by atoms with Gasteiger partial charge in [0.25, 0.3) is 0 Å². The molecule has 9 heteroatoms. The Morgan fingerprint density at radius 2 is 2.06 bits per heavy atom. The molecular formula is C8H5F3N4S2. The minimum absolute atomic E-state index is 0.147. The summed E-state index contributed by atoms with van der Waals surface area (Å²) < 4.78 is 38.0. The van der Waals surface area contributed by atoms with Gasteiger partial charge in [0.2, 0.25) is 0 Å². The van der Waals surface area contributed by atoms with Crippen molar-refractivity contribution in [1.82, 2.24) is 15.2 Å². The SMILES string of the molecule is Nc1cc(C(F)(F)F)cc(Sc2nncs2)n1. The summed E-state index contributed by atoms with van der Waals surface area (Å²) in [5.74, 6) is -0.174. The Bertz CT molecular complexity index is 512. The Morgan fingerprint density at radius 1 is 1.29 bits per heavy atom. The van der Waals surface area contributed by atoms with Gasteiger partial charge in [-0.05, 0) is 23.9 Å². The lowest BCUT2D eigenvalue weighted by Gasteiger charge is -2.08. The highest BCUT2D eigenvalue weighted by Gasteiger charge is 2.31. The second-order valence-electron chi connectivity index (χ2n) is 2.92. The summed E-state index contributed by atoms with van der Waals surface area (Å²) in [7, 11) is 0. The average molecular weight is 278 g/mol. The van der Waals surface area contributed by atoms with Crippen LogP contribution in [0.15, 0.2) is 27.0 Å². The number of alkyl halides is 3. The quantitative estimate of drug-likeness (QED) is 0.915. The molecule has 0 aliphatic carbocycles. The monoisotopic (exact) mass is 278 g/mol. The zero-order valence-corrected chi connectivity index (χ0v) is 9.73. The maximum Gasteiger partial charge on any atom is 0.416 e. The zero-order chi connectivity index (χ0) is 12.5. The molecule has 2 N–H and O–H groups in total. The van der Waals surface area contributed by atoms with Crippen molar-refractivity contribution in [2.24, 2.45) is 0 Å². The van der Waals surface area contributed by atoms with Crippen LogP contribution in [0.25, 0.3) is 0 Å². The average Bonchev–Trinajstić information content (AvgIpc) is 2.68. The number of anilines is 1. The lowest BCUT2D eigenvalue weighted by Crippen LogP contribution is -2.07. The summed E-state index contributed by atoms with van der Waals surface area (Å²) in [5.41, 5.74) is 5.99. The molecule has 0 unspecified atom stereocenters. The van der Waals surface area contributed by atoms with Crippen LogP contribution in [0.2, 0.25) is 0 Å². The van der Waals surface area contributed by atoms with Crippen LogP contribution in [0.5, 0.6) is 0 Å². The van der Waals surface area contributed by atoms with Gasteiger partial charge in [-0.25, -0.2) is 4.98 Å². The molecule has 2 aromatic rings. The molecule has 2 aromatic heterocycles. The molecule has 0 amide bonds. The number of nitrogen functional groups attached to an aromatic ring is 1. The summed E-state index contributed by atoms with van der Waals surface area (Å²) >= 11 is 2.21. The summed E-state index contributed by atoms with van der Waals surface area (Å²) in [5, 5.41) is 7.43. The summed E-state index contributed by atoms with van der Waals surface area (Å²) in [4.78, 5) is 3.80. The van der Waals surface area contributed by atoms with E-state index in [9.17, 15) is 13.2 Å². The van der Waals surface area contributed by atoms with Crippen molar-refractivity contribution in [3.8, 4) is 0 Å². The van der Waals surface area contributed by atoms with Crippen LogP contribution in [0.4, 0.5) is 19.0 Å². The van der Waals surface area contributed by atoms with Gasteiger partial charge < -0.3 is 5.73 Å². The van der Waals surface area contributed by atoms with E-state index in [4.69, 9.17) is 5.73 Å². The normalized spacial score (nSPS) is 11.7. The molecule has 90 valence electrons. The summed E-state index contributed by atoms with van der Waals surface area (Å²) in [6.45, 7) is 0. The highest BCUT2D eigenvalue weighted by molar-refractivity contribution is 8.00. The minimum Gasteiger partial charge on any atom is -0.384 e. The number of halogens is 3. The lowest BCUT2D eigenvalue weighted by molar-refractivity contribution is -0.137. The Morgan fingerprint density at radius 3 is 2.65 bits per heavy atom. The first kappa shape index (κ1) is 12.1. The van der Waals surface area contributed by atoms with Crippen molar-refractivity contribution in [3.05, 3.63) is 23.2 Å². The molecular weight excluding hydrogens is 273 g/mol. The Hall–Kier alpha value is -1.35. The van der Waals surface area contributed by atoms with Crippen LogP contribution in [-0.2, 0) is 6.18 Å². The fourth-order valence-corrected chi connectivity index (χ4v) is 2.50. The molecule has 0 saturated carbocycles. The van der Waals surface area contributed by atoms with Crippen LogP contribution in [0.1, 0.15) is 5.56 Å². The third-order valence-corrected chi connectivity index (χ3v) is 3.38. The first-order valence-corrected chi connectivity index (χ1v) is 5.93. The van der Waals surface area contributed by atoms with Gasteiger partial charge >= 0.3 is 6.18 Å². The molecule has 0 fully saturated rings. The van der Waals surface area contributed by atoms with Gasteiger partial charge in [0, 0.05) is 0 Å². The molecule has 0 spiro atoms. The Balaban J connectivity index is 2.32. The molecule has 4 nitrogen and oxygen atoms in total. The molecule has 0 saturated heterocycles. The summed E-state index contributed by atoms with van der Waals surface area (Å²) in [6, 6.07) is 1.73. The molecule has 17 heavy (non-hydrogen) atoms. The van der Waals surface area contributed by atoms with Crippen molar-refractivity contribution < 1.29 is 13.2 Å². The molecule has 0 aliphatic heterocycles. The van der Waals surface area contributed by atoms with Crippen LogP contribution in [0.3, 0.4) is 0 Å². The maximum atomic E-state index is 12.5. The number of rotatable bonds is 2. The molecule has 2 rings (SSSR count). The van der Waals surface area contributed by atoms with E-state index in [0.29, 0.717) is 4.34 Å². The van der Waals surface area contributed by atoms with Crippen molar-refractivity contribution in [2.75, 3.05) is 5.73 Å². The number of hydrogen-bond acceptors (Lipinski definition) is 6. The third-order valence-electron chi connectivity index (χ3n) is 1.68. The summed E-state index contributed by atoms with van der Waals surface area (Å²) in [6.07, 6.45) is -4.44. The van der Waals surface area contributed by atoms with Gasteiger partial charge in [-0.15, -0.1) is 10.2 Å². The second kappa shape index (κ2) is 4.49. The van der Waals surface area contributed by atoms with E-state index in [1.807, 2.05) is 0 Å². The Kier molecular flexibility index (Phi) is 3.20. The van der Waals surface area contributed by atoms with Gasteiger partial charge in [-0.3, -0.25) is 0 Å². The third kappa shape index (κ3) is 3.07. The van der Waals surface area contributed by atoms with Gasteiger partial charge in [0.15, 0.2) is 4.34 Å². The van der Waals surface area contributed by atoms with Crippen molar-refractivity contribution in [1.29, 1.82) is 0 Å². The predicted molar refractivity (Wildman–Crippen MR) is 57.7 cm³/mol. The fraction of sp³-hybridized carbons (Fsp3) is 0.125. The van der Waals surface area contributed by atoms with E-state index in [-0.39, 0.29) is 10.8 Å². The fourth-order valence-electron chi connectivity index (χ4n) is 1.04. The Labute approximate surface area is 102 Å². The zero-order valence-electron chi connectivity index (χ0n) is 8.10. The van der Waals surface area contributed by atoms with Crippen molar-refractivity contribution in [2.45, 2.75) is 15.5 Å². The van der Waals surface area contributed by atoms with Gasteiger partial charge in [0.05, 0.1) is 5.56 Å². The van der Waals surface area contributed by atoms with Gasteiger partial charge in [0.1, 0.15) is 16.4 Å². The minimum atomic E-state index is -4.44. The van der Waals surface area contributed by atoms with Crippen LogP contribution in [0, 0.1) is 0 Å². The largest absolute Gasteiger partial charge is 0.416 e. The molecule has 0 atom stereocenters.